The van der Waals surface area contributed by atoms with Crippen LogP contribution in [-0.2, 0) is 4.74 Å². The van der Waals surface area contributed by atoms with E-state index in [9.17, 15) is 10.1 Å². The van der Waals surface area contributed by atoms with Crippen molar-refractivity contribution in [3.63, 3.8) is 0 Å². The highest BCUT2D eigenvalue weighted by Gasteiger charge is 2.30. The minimum absolute atomic E-state index is 0.0391. The molecule has 9 nitrogen and oxygen atoms in total. The topological polar surface area (TPSA) is 119 Å². The Hall–Kier alpha value is -4.39. The number of carbonyl (C=O) groups is 1. The molecule has 1 amide bonds. The summed E-state index contributed by atoms with van der Waals surface area (Å²) in [4.78, 5) is 17.5. The number of hydrogen-bond donors (Lipinski definition) is 2. The third kappa shape index (κ3) is 5.49. The van der Waals surface area contributed by atoms with E-state index >= 15 is 0 Å². The highest BCUT2D eigenvalue weighted by Crippen LogP contribution is 2.38. The van der Waals surface area contributed by atoms with Gasteiger partial charge in [-0.3, -0.25) is 9.78 Å². The zero-order chi connectivity index (χ0) is 28.4. The van der Waals surface area contributed by atoms with Gasteiger partial charge in [0.2, 0.25) is 0 Å². The van der Waals surface area contributed by atoms with Crippen molar-refractivity contribution < 1.29 is 23.4 Å². The number of nitriles is 1. The standard InChI is InChI=1S/C32H32N4O5/c1-32(10-12-34-19-32)36-31(37)21-3-5-25(28(16-21)38-2)29-17-26-30(41-29)24(7-11-35-26)20-4-6-27(22(15-20)18-33)40-23-8-13-39-14-9-23/h3-7,11,15-17,23,34H,8-10,12-14,19H2,1-2H3,(H,36,37). The van der Waals surface area contributed by atoms with Crippen LogP contribution in [0.25, 0.3) is 33.6 Å². The number of benzene rings is 2. The molecule has 2 aromatic carbocycles. The molecule has 2 saturated heterocycles. The van der Waals surface area contributed by atoms with E-state index in [0.29, 0.717) is 58.3 Å². The number of rotatable bonds is 7. The molecule has 4 aromatic rings. The average molecular weight is 553 g/mol. The molecule has 210 valence electrons. The van der Waals surface area contributed by atoms with Gasteiger partial charge in [0.1, 0.15) is 34.9 Å². The maximum Gasteiger partial charge on any atom is 0.251 e. The molecule has 2 aromatic heterocycles. The third-order valence-electron chi connectivity index (χ3n) is 7.80. The summed E-state index contributed by atoms with van der Waals surface area (Å²) in [5.74, 6) is 1.51. The van der Waals surface area contributed by atoms with Crippen molar-refractivity contribution in [2.45, 2.75) is 37.8 Å². The highest BCUT2D eigenvalue weighted by atomic mass is 16.5. The van der Waals surface area contributed by atoms with Crippen LogP contribution < -0.4 is 20.1 Å². The van der Waals surface area contributed by atoms with Gasteiger partial charge >= 0.3 is 0 Å². The number of aromatic nitrogens is 1. The molecule has 0 bridgehead atoms. The lowest BCUT2D eigenvalue weighted by Gasteiger charge is -2.24. The molecule has 0 aliphatic carbocycles. The molecule has 0 spiro atoms. The average Bonchev–Trinajstić information content (AvgIpc) is 3.63. The van der Waals surface area contributed by atoms with Gasteiger partial charge in [-0.2, -0.15) is 5.26 Å². The van der Waals surface area contributed by atoms with Crippen LogP contribution >= 0.6 is 0 Å². The number of hydrogen-bond acceptors (Lipinski definition) is 8. The summed E-state index contributed by atoms with van der Waals surface area (Å²) in [6, 6.07) is 16.9. The number of carbonyl (C=O) groups excluding carboxylic acids is 1. The molecule has 0 radical (unpaired) electrons. The molecule has 41 heavy (non-hydrogen) atoms. The molecule has 1 atom stereocenters. The summed E-state index contributed by atoms with van der Waals surface area (Å²) in [5.41, 5.74) is 4.31. The van der Waals surface area contributed by atoms with E-state index in [-0.39, 0.29) is 17.6 Å². The summed E-state index contributed by atoms with van der Waals surface area (Å²) < 4.78 is 23.6. The van der Waals surface area contributed by atoms with Gasteiger partial charge in [-0.05, 0) is 61.9 Å². The zero-order valence-electron chi connectivity index (χ0n) is 23.2. The van der Waals surface area contributed by atoms with E-state index in [1.807, 2.05) is 43.3 Å². The van der Waals surface area contributed by atoms with Crippen LogP contribution in [0, 0.1) is 11.3 Å². The van der Waals surface area contributed by atoms with Gasteiger partial charge in [-0.15, -0.1) is 0 Å². The maximum absolute atomic E-state index is 13.0. The largest absolute Gasteiger partial charge is 0.496 e. The first kappa shape index (κ1) is 26.8. The Morgan fingerprint density at radius 1 is 1.12 bits per heavy atom. The normalized spacial score (nSPS) is 19.1. The summed E-state index contributed by atoms with van der Waals surface area (Å²) in [6.07, 6.45) is 4.25. The number of nitrogens with zero attached hydrogens (tertiary/aromatic N) is 2. The molecule has 9 heteroatoms. The van der Waals surface area contributed by atoms with E-state index in [1.165, 1.54) is 0 Å². The summed E-state index contributed by atoms with van der Waals surface area (Å²) in [7, 11) is 1.57. The first-order chi connectivity index (χ1) is 20.0. The fraction of sp³-hybridized carbons (Fsp3) is 0.344. The molecule has 6 rings (SSSR count). The number of amides is 1. The lowest BCUT2D eigenvalue weighted by molar-refractivity contribution is 0.0254. The van der Waals surface area contributed by atoms with Crippen molar-refractivity contribution >= 4 is 17.0 Å². The van der Waals surface area contributed by atoms with Gasteiger partial charge in [-0.1, -0.05) is 6.07 Å². The third-order valence-corrected chi connectivity index (χ3v) is 7.80. The van der Waals surface area contributed by atoms with Crippen LogP contribution in [0.5, 0.6) is 11.5 Å². The maximum atomic E-state index is 13.0. The monoisotopic (exact) mass is 552 g/mol. The fourth-order valence-electron chi connectivity index (χ4n) is 5.47. The summed E-state index contributed by atoms with van der Waals surface area (Å²) in [6.45, 7) is 5.00. The minimum atomic E-state index is -0.273. The van der Waals surface area contributed by atoms with Crippen molar-refractivity contribution in [1.29, 1.82) is 5.26 Å². The van der Waals surface area contributed by atoms with Gasteiger partial charge in [0.05, 0.1) is 37.0 Å². The first-order valence-corrected chi connectivity index (χ1v) is 13.9. The van der Waals surface area contributed by atoms with Crippen LogP contribution in [0.2, 0.25) is 0 Å². The first-order valence-electron chi connectivity index (χ1n) is 13.9. The molecule has 1 unspecified atom stereocenters. The SMILES string of the molecule is COc1cc(C(=O)NC2(C)CCNC2)ccc1-c1cc2nccc(-c3ccc(OC4CCOCC4)c(C#N)c3)c2o1. The van der Waals surface area contributed by atoms with Crippen LogP contribution in [0.1, 0.15) is 42.1 Å². The Morgan fingerprint density at radius 2 is 1.98 bits per heavy atom. The number of pyridine rings is 1. The van der Waals surface area contributed by atoms with Gasteiger partial charge in [-0.25, -0.2) is 0 Å². The van der Waals surface area contributed by atoms with Crippen molar-refractivity contribution in [2.75, 3.05) is 33.4 Å². The fourth-order valence-corrected chi connectivity index (χ4v) is 5.47. The lowest BCUT2D eigenvalue weighted by atomic mass is 10.0. The molecular formula is C32H32N4O5. The second kappa shape index (κ2) is 11.2. The van der Waals surface area contributed by atoms with E-state index in [0.717, 1.165) is 43.5 Å². The molecular weight excluding hydrogens is 520 g/mol. The second-order valence-electron chi connectivity index (χ2n) is 10.8. The minimum Gasteiger partial charge on any atom is -0.496 e. The number of methoxy groups -OCH3 is 1. The zero-order valence-corrected chi connectivity index (χ0v) is 23.2. The number of furan rings is 1. The van der Waals surface area contributed by atoms with Crippen molar-refractivity contribution in [3.05, 3.63) is 65.9 Å². The molecule has 0 saturated carbocycles. The Labute approximate surface area is 238 Å². The number of fused-ring (bicyclic) bond motifs is 1. The molecule has 2 aliphatic heterocycles. The van der Waals surface area contributed by atoms with Gasteiger partial charge in [0, 0.05) is 42.8 Å². The van der Waals surface area contributed by atoms with Gasteiger partial charge in [0.15, 0.2) is 5.58 Å². The van der Waals surface area contributed by atoms with E-state index < -0.39 is 0 Å². The Balaban J connectivity index is 1.30. The van der Waals surface area contributed by atoms with E-state index in [4.69, 9.17) is 18.6 Å². The Morgan fingerprint density at radius 3 is 2.73 bits per heavy atom. The summed E-state index contributed by atoms with van der Waals surface area (Å²) in [5, 5.41) is 16.3. The molecule has 2 fully saturated rings. The van der Waals surface area contributed by atoms with Crippen LogP contribution in [0.4, 0.5) is 0 Å². The highest BCUT2D eigenvalue weighted by molar-refractivity contribution is 5.97. The predicted molar refractivity (Wildman–Crippen MR) is 154 cm³/mol. The van der Waals surface area contributed by atoms with Crippen LogP contribution in [-0.4, -0.2) is 55.9 Å². The van der Waals surface area contributed by atoms with Crippen molar-refractivity contribution in [1.82, 2.24) is 15.6 Å². The van der Waals surface area contributed by atoms with E-state index in [1.54, 1.807) is 25.4 Å². The van der Waals surface area contributed by atoms with Crippen molar-refractivity contribution in [3.8, 4) is 40.0 Å². The van der Waals surface area contributed by atoms with Gasteiger partial charge < -0.3 is 29.3 Å². The summed E-state index contributed by atoms with van der Waals surface area (Å²) >= 11 is 0. The molecule has 2 aliphatic rings. The molecule has 2 N–H and O–H groups in total. The van der Waals surface area contributed by atoms with Crippen LogP contribution in [0.15, 0.2) is 59.1 Å². The quantitative estimate of drug-likeness (QED) is 0.326. The van der Waals surface area contributed by atoms with Gasteiger partial charge in [0.25, 0.3) is 5.91 Å². The Bertz CT molecular complexity index is 1630. The van der Waals surface area contributed by atoms with Crippen molar-refractivity contribution in [2.24, 2.45) is 0 Å². The second-order valence-corrected chi connectivity index (χ2v) is 10.8. The predicted octanol–water partition coefficient (Wildman–Crippen LogP) is 5.08. The smallest absolute Gasteiger partial charge is 0.251 e. The number of ether oxygens (including phenoxy) is 3. The molecule has 4 heterocycles. The number of nitrogens with one attached hydrogen (secondary N) is 2. The van der Waals surface area contributed by atoms with Crippen LogP contribution in [0.3, 0.4) is 0 Å². The van der Waals surface area contributed by atoms with E-state index in [2.05, 4.69) is 21.7 Å². The Kier molecular flexibility index (Phi) is 7.35. The lowest BCUT2D eigenvalue weighted by Crippen LogP contribution is -2.47.